The first-order valence-corrected chi connectivity index (χ1v) is 6.32. The number of aromatic nitrogens is 1. The number of pyridine rings is 1. The number of hydrogen-bond acceptors (Lipinski definition) is 3. The van der Waals surface area contributed by atoms with Crippen LogP contribution >= 0.6 is 0 Å². The molecule has 0 unspecified atom stereocenters. The molecule has 1 aliphatic rings. The molecule has 1 atom stereocenters. The monoisotopic (exact) mass is 239 g/mol. The van der Waals surface area contributed by atoms with E-state index >= 15 is 0 Å². The highest BCUT2D eigenvalue weighted by atomic mass is 15.2. The largest absolute Gasteiger partial charge is 0.340 e. The number of nitrogens with two attached hydrogens (primary N) is 1. The van der Waals surface area contributed by atoms with Crippen molar-refractivity contribution in [2.45, 2.75) is 19.4 Å². The van der Waals surface area contributed by atoms with E-state index in [9.17, 15) is 0 Å². The molecular formula is C15H17N3. The summed E-state index contributed by atoms with van der Waals surface area (Å²) >= 11 is 0. The zero-order valence-electron chi connectivity index (χ0n) is 10.5. The third-order valence-corrected chi connectivity index (χ3v) is 3.44. The predicted octanol–water partition coefficient (Wildman–Crippen LogP) is 2.80. The van der Waals surface area contributed by atoms with Crippen molar-refractivity contribution < 1.29 is 0 Å². The van der Waals surface area contributed by atoms with Crippen LogP contribution in [0.5, 0.6) is 0 Å². The lowest BCUT2D eigenvalue weighted by Gasteiger charge is -2.19. The molecule has 92 valence electrons. The van der Waals surface area contributed by atoms with Crippen LogP contribution < -0.4 is 10.6 Å². The molecule has 2 N–H and O–H groups in total. The summed E-state index contributed by atoms with van der Waals surface area (Å²) in [6.07, 6.45) is 3.02. The summed E-state index contributed by atoms with van der Waals surface area (Å²) in [5, 5.41) is 0. The standard InChI is InChI=1S/C15H17N3/c1-11(16)14-7-6-13(10-17-14)18-9-8-12-4-2-3-5-15(12)18/h2-7,10-11H,8-9,16H2,1H3/t11-/m1/s1. The summed E-state index contributed by atoms with van der Waals surface area (Å²) < 4.78 is 0. The van der Waals surface area contributed by atoms with Gasteiger partial charge >= 0.3 is 0 Å². The highest BCUT2D eigenvalue weighted by Crippen LogP contribution is 2.33. The van der Waals surface area contributed by atoms with Crippen molar-refractivity contribution in [3.8, 4) is 0 Å². The predicted molar refractivity (Wildman–Crippen MR) is 74.0 cm³/mol. The van der Waals surface area contributed by atoms with Gasteiger partial charge in [-0.25, -0.2) is 0 Å². The minimum Gasteiger partial charge on any atom is -0.340 e. The van der Waals surface area contributed by atoms with Crippen LogP contribution in [0.25, 0.3) is 0 Å². The fourth-order valence-corrected chi connectivity index (χ4v) is 2.43. The van der Waals surface area contributed by atoms with Crippen molar-refractivity contribution in [3.05, 3.63) is 53.9 Å². The highest BCUT2D eigenvalue weighted by Gasteiger charge is 2.19. The first-order chi connectivity index (χ1) is 8.75. The summed E-state index contributed by atoms with van der Waals surface area (Å²) in [5.41, 5.74) is 10.6. The SMILES string of the molecule is C[C@@H](N)c1ccc(N2CCc3ccccc32)cn1. The molecule has 2 aromatic rings. The molecule has 0 spiro atoms. The number of benzene rings is 1. The normalized spacial score (nSPS) is 15.6. The lowest BCUT2D eigenvalue weighted by Crippen LogP contribution is -2.14. The van der Waals surface area contributed by atoms with Gasteiger partial charge in [-0.15, -0.1) is 0 Å². The van der Waals surface area contributed by atoms with Crippen molar-refractivity contribution in [3.63, 3.8) is 0 Å². The molecule has 1 aliphatic heterocycles. The van der Waals surface area contributed by atoms with Gasteiger partial charge in [0.25, 0.3) is 0 Å². The number of anilines is 2. The molecule has 1 aromatic carbocycles. The highest BCUT2D eigenvalue weighted by molar-refractivity contribution is 5.69. The van der Waals surface area contributed by atoms with E-state index in [1.807, 2.05) is 19.2 Å². The zero-order valence-corrected chi connectivity index (χ0v) is 10.5. The number of para-hydroxylation sites is 1. The Bertz CT molecular complexity index is 546. The summed E-state index contributed by atoms with van der Waals surface area (Å²) in [5.74, 6) is 0. The molecule has 0 amide bonds. The molecular weight excluding hydrogens is 222 g/mol. The van der Waals surface area contributed by atoms with Gasteiger partial charge in [-0.1, -0.05) is 18.2 Å². The van der Waals surface area contributed by atoms with Crippen LogP contribution in [0.2, 0.25) is 0 Å². The summed E-state index contributed by atoms with van der Waals surface area (Å²) in [7, 11) is 0. The van der Waals surface area contributed by atoms with Gasteiger partial charge in [0.1, 0.15) is 0 Å². The number of rotatable bonds is 2. The smallest absolute Gasteiger partial charge is 0.0597 e. The molecule has 3 rings (SSSR count). The molecule has 18 heavy (non-hydrogen) atoms. The van der Waals surface area contributed by atoms with Gasteiger partial charge in [-0.2, -0.15) is 0 Å². The van der Waals surface area contributed by atoms with Gasteiger partial charge in [0, 0.05) is 18.3 Å². The first kappa shape index (κ1) is 11.2. The lowest BCUT2D eigenvalue weighted by molar-refractivity contribution is 0.780. The Morgan fingerprint density at radius 3 is 2.78 bits per heavy atom. The maximum atomic E-state index is 5.82. The fraction of sp³-hybridized carbons (Fsp3) is 0.267. The summed E-state index contributed by atoms with van der Waals surface area (Å²) in [6, 6.07) is 12.7. The van der Waals surface area contributed by atoms with Crippen LogP contribution in [-0.4, -0.2) is 11.5 Å². The number of fused-ring (bicyclic) bond motifs is 1. The molecule has 3 heteroatoms. The van der Waals surface area contributed by atoms with Crippen molar-refractivity contribution in [2.24, 2.45) is 5.73 Å². The Morgan fingerprint density at radius 1 is 1.22 bits per heavy atom. The topological polar surface area (TPSA) is 42.1 Å². The Labute approximate surface area is 107 Å². The van der Waals surface area contributed by atoms with Crippen LogP contribution in [0.15, 0.2) is 42.6 Å². The molecule has 0 aliphatic carbocycles. The summed E-state index contributed by atoms with van der Waals surface area (Å²) in [6.45, 7) is 2.98. The molecule has 1 aromatic heterocycles. The van der Waals surface area contributed by atoms with E-state index in [1.165, 1.54) is 11.3 Å². The van der Waals surface area contributed by atoms with Crippen molar-refractivity contribution in [1.29, 1.82) is 0 Å². The van der Waals surface area contributed by atoms with Gasteiger partial charge in [-0.05, 0) is 37.1 Å². The average molecular weight is 239 g/mol. The molecule has 0 saturated heterocycles. The molecule has 0 bridgehead atoms. The molecule has 0 radical (unpaired) electrons. The fourth-order valence-electron chi connectivity index (χ4n) is 2.43. The Hall–Kier alpha value is -1.87. The van der Waals surface area contributed by atoms with Crippen LogP contribution in [0.4, 0.5) is 11.4 Å². The van der Waals surface area contributed by atoms with Crippen molar-refractivity contribution in [2.75, 3.05) is 11.4 Å². The second kappa shape index (κ2) is 4.42. The van der Waals surface area contributed by atoms with Crippen LogP contribution in [0.1, 0.15) is 24.2 Å². The maximum Gasteiger partial charge on any atom is 0.0597 e. The second-order valence-corrected chi connectivity index (χ2v) is 4.76. The van der Waals surface area contributed by atoms with Gasteiger partial charge in [0.05, 0.1) is 17.6 Å². The van der Waals surface area contributed by atoms with E-state index in [1.54, 1.807) is 0 Å². The third-order valence-electron chi connectivity index (χ3n) is 3.44. The Morgan fingerprint density at radius 2 is 2.06 bits per heavy atom. The van der Waals surface area contributed by atoms with Crippen LogP contribution in [0.3, 0.4) is 0 Å². The van der Waals surface area contributed by atoms with Gasteiger partial charge < -0.3 is 10.6 Å². The molecule has 0 fully saturated rings. The number of nitrogens with zero attached hydrogens (tertiary/aromatic N) is 2. The van der Waals surface area contributed by atoms with E-state index in [2.05, 4.69) is 40.2 Å². The van der Waals surface area contributed by atoms with Crippen LogP contribution in [0, 0.1) is 0 Å². The van der Waals surface area contributed by atoms with Gasteiger partial charge in [0.15, 0.2) is 0 Å². The van der Waals surface area contributed by atoms with Gasteiger partial charge in [-0.3, -0.25) is 4.98 Å². The maximum absolute atomic E-state index is 5.82. The quantitative estimate of drug-likeness (QED) is 0.876. The number of hydrogen-bond donors (Lipinski definition) is 1. The minimum absolute atomic E-state index is 0.00934. The first-order valence-electron chi connectivity index (χ1n) is 6.32. The lowest BCUT2D eigenvalue weighted by atomic mass is 10.2. The van der Waals surface area contributed by atoms with E-state index in [0.29, 0.717) is 0 Å². The third kappa shape index (κ3) is 1.87. The van der Waals surface area contributed by atoms with E-state index in [0.717, 1.165) is 24.3 Å². The van der Waals surface area contributed by atoms with Crippen molar-refractivity contribution >= 4 is 11.4 Å². The van der Waals surface area contributed by atoms with Crippen molar-refractivity contribution in [1.82, 2.24) is 4.98 Å². The van der Waals surface area contributed by atoms with E-state index in [4.69, 9.17) is 5.73 Å². The minimum atomic E-state index is -0.00934. The molecule has 2 heterocycles. The summed E-state index contributed by atoms with van der Waals surface area (Å²) in [4.78, 5) is 6.74. The van der Waals surface area contributed by atoms with Gasteiger partial charge in [0.2, 0.25) is 0 Å². The second-order valence-electron chi connectivity index (χ2n) is 4.76. The zero-order chi connectivity index (χ0) is 12.5. The Balaban J connectivity index is 1.93. The van der Waals surface area contributed by atoms with E-state index < -0.39 is 0 Å². The van der Waals surface area contributed by atoms with Crippen LogP contribution in [-0.2, 0) is 6.42 Å². The average Bonchev–Trinajstić information content (AvgIpc) is 2.82. The molecule has 0 saturated carbocycles. The van der Waals surface area contributed by atoms with E-state index in [-0.39, 0.29) is 6.04 Å². The Kier molecular flexibility index (Phi) is 2.76. The molecule has 3 nitrogen and oxygen atoms in total.